The van der Waals surface area contributed by atoms with Crippen LogP contribution < -0.4 is 16.0 Å². The Morgan fingerprint density at radius 3 is 2.74 bits per heavy atom. The van der Waals surface area contributed by atoms with Crippen LogP contribution in [-0.2, 0) is 4.74 Å². The van der Waals surface area contributed by atoms with Gasteiger partial charge in [-0.25, -0.2) is 0 Å². The van der Waals surface area contributed by atoms with Gasteiger partial charge in [-0.2, -0.15) is 0 Å². The van der Waals surface area contributed by atoms with Gasteiger partial charge in [0.1, 0.15) is 0 Å². The van der Waals surface area contributed by atoms with Crippen LogP contribution in [0.5, 0.6) is 0 Å². The van der Waals surface area contributed by atoms with Gasteiger partial charge in [-0.05, 0) is 32.0 Å². The fourth-order valence-corrected chi connectivity index (χ4v) is 1.91. The number of carbonyl (C=O) groups excluding carboxylic acids is 1. The Labute approximate surface area is 114 Å². The molecule has 0 unspecified atom stereocenters. The van der Waals surface area contributed by atoms with E-state index in [0.717, 1.165) is 18.8 Å². The summed E-state index contributed by atoms with van der Waals surface area (Å²) in [5.74, 6) is -0.0756. The highest BCUT2D eigenvalue weighted by Crippen LogP contribution is 2.23. The van der Waals surface area contributed by atoms with Crippen molar-refractivity contribution < 1.29 is 9.53 Å². The van der Waals surface area contributed by atoms with Crippen molar-refractivity contribution in [3.63, 3.8) is 0 Å². The van der Waals surface area contributed by atoms with Crippen molar-refractivity contribution in [2.75, 3.05) is 44.0 Å². The standard InChI is InChI=1S/C14H23N3O2/c1-4-16-14(18)12-7-6-11(15)10-13(12)17(5-2)8-9-19-3/h6-7,10H,4-5,8-9,15H2,1-3H3,(H,16,18). The Hall–Kier alpha value is -1.75. The molecule has 0 aliphatic heterocycles. The Kier molecular flexibility index (Phi) is 6.15. The largest absolute Gasteiger partial charge is 0.399 e. The number of ether oxygens (including phenoxy) is 1. The van der Waals surface area contributed by atoms with Crippen LogP contribution >= 0.6 is 0 Å². The number of rotatable bonds is 7. The lowest BCUT2D eigenvalue weighted by molar-refractivity contribution is 0.0956. The van der Waals surface area contributed by atoms with Crippen molar-refractivity contribution in [2.24, 2.45) is 0 Å². The van der Waals surface area contributed by atoms with Crippen LogP contribution in [0.1, 0.15) is 24.2 Å². The van der Waals surface area contributed by atoms with Crippen LogP contribution in [0.4, 0.5) is 11.4 Å². The molecule has 3 N–H and O–H groups in total. The number of nitrogens with one attached hydrogen (secondary N) is 1. The minimum Gasteiger partial charge on any atom is -0.399 e. The maximum absolute atomic E-state index is 12.1. The van der Waals surface area contributed by atoms with E-state index in [1.165, 1.54) is 0 Å². The van der Waals surface area contributed by atoms with Crippen LogP contribution in [0.2, 0.25) is 0 Å². The van der Waals surface area contributed by atoms with E-state index in [9.17, 15) is 4.79 Å². The molecule has 0 saturated carbocycles. The van der Waals surface area contributed by atoms with Crippen molar-refractivity contribution in [1.29, 1.82) is 0 Å². The Balaban J connectivity index is 3.07. The van der Waals surface area contributed by atoms with Gasteiger partial charge in [0.25, 0.3) is 5.91 Å². The zero-order valence-corrected chi connectivity index (χ0v) is 11.9. The second kappa shape index (κ2) is 7.63. The number of anilines is 2. The highest BCUT2D eigenvalue weighted by molar-refractivity contribution is 6.00. The average Bonchev–Trinajstić information content (AvgIpc) is 2.40. The summed E-state index contributed by atoms with van der Waals surface area (Å²) in [6.45, 7) is 6.67. The molecule has 106 valence electrons. The van der Waals surface area contributed by atoms with E-state index in [-0.39, 0.29) is 5.91 Å². The Morgan fingerprint density at radius 1 is 1.42 bits per heavy atom. The van der Waals surface area contributed by atoms with Crippen LogP contribution in [0.15, 0.2) is 18.2 Å². The first-order valence-corrected chi connectivity index (χ1v) is 6.55. The molecule has 0 aliphatic carbocycles. The molecule has 0 aromatic heterocycles. The first kappa shape index (κ1) is 15.3. The Morgan fingerprint density at radius 2 is 2.16 bits per heavy atom. The van der Waals surface area contributed by atoms with Gasteiger partial charge in [0.15, 0.2) is 0 Å². The van der Waals surface area contributed by atoms with E-state index in [1.807, 2.05) is 19.9 Å². The zero-order valence-electron chi connectivity index (χ0n) is 11.9. The minimum atomic E-state index is -0.0756. The third-order valence-electron chi connectivity index (χ3n) is 2.89. The number of carbonyl (C=O) groups is 1. The SMILES string of the molecule is CCNC(=O)c1ccc(N)cc1N(CC)CCOC. The first-order valence-electron chi connectivity index (χ1n) is 6.55. The normalized spacial score (nSPS) is 10.3. The van der Waals surface area contributed by atoms with E-state index in [0.29, 0.717) is 24.4 Å². The maximum atomic E-state index is 12.1. The molecular weight excluding hydrogens is 242 g/mol. The summed E-state index contributed by atoms with van der Waals surface area (Å²) >= 11 is 0. The summed E-state index contributed by atoms with van der Waals surface area (Å²) in [6.07, 6.45) is 0. The number of nitrogen functional groups attached to an aromatic ring is 1. The summed E-state index contributed by atoms with van der Waals surface area (Å²) in [5, 5.41) is 2.82. The molecule has 19 heavy (non-hydrogen) atoms. The van der Waals surface area contributed by atoms with E-state index in [4.69, 9.17) is 10.5 Å². The predicted molar refractivity (Wildman–Crippen MR) is 78.6 cm³/mol. The number of amides is 1. The molecule has 0 spiro atoms. The van der Waals surface area contributed by atoms with Gasteiger partial charge in [-0.1, -0.05) is 0 Å². The lowest BCUT2D eigenvalue weighted by atomic mass is 10.1. The molecule has 0 heterocycles. The molecule has 5 nitrogen and oxygen atoms in total. The maximum Gasteiger partial charge on any atom is 0.253 e. The van der Waals surface area contributed by atoms with Crippen LogP contribution in [-0.4, -0.2) is 39.3 Å². The smallest absolute Gasteiger partial charge is 0.253 e. The summed E-state index contributed by atoms with van der Waals surface area (Å²) in [6, 6.07) is 5.35. The number of likely N-dealkylation sites (N-methyl/N-ethyl adjacent to an activating group) is 1. The summed E-state index contributed by atoms with van der Waals surface area (Å²) in [7, 11) is 1.66. The zero-order chi connectivity index (χ0) is 14.3. The number of hydrogen-bond acceptors (Lipinski definition) is 4. The van der Waals surface area contributed by atoms with E-state index < -0.39 is 0 Å². The molecule has 0 fully saturated rings. The second-order valence-electron chi connectivity index (χ2n) is 4.21. The van der Waals surface area contributed by atoms with E-state index in [2.05, 4.69) is 10.2 Å². The number of methoxy groups -OCH3 is 1. The van der Waals surface area contributed by atoms with Gasteiger partial charge in [0.05, 0.1) is 17.9 Å². The van der Waals surface area contributed by atoms with E-state index in [1.54, 1.807) is 19.2 Å². The molecule has 1 aromatic carbocycles. The minimum absolute atomic E-state index is 0.0756. The molecule has 5 heteroatoms. The van der Waals surface area contributed by atoms with Crippen molar-refractivity contribution in [3.05, 3.63) is 23.8 Å². The molecule has 0 radical (unpaired) electrons. The molecule has 1 amide bonds. The fraction of sp³-hybridized carbons (Fsp3) is 0.500. The van der Waals surface area contributed by atoms with Crippen molar-refractivity contribution in [1.82, 2.24) is 5.32 Å². The van der Waals surface area contributed by atoms with Gasteiger partial charge >= 0.3 is 0 Å². The van der Waals surface area contributed by atoms with Crippen LogP contribution in [0.25, 0.3) is 0 Å². The summed E-state index contributed by atoms with van der Waals surface area (Å²) in [4.78, 5) is 14.1. The molecule has 0 aliphatic rings. The van der Waals surface area contributed by atoms with Gasteiger partial charge < -0.3 is 20.7 Å². The van der Waals surface area contributed by atoms with Gasteiger partial charge in [-0.15, -0.1) is 0 Å². The molecule has 0 atom stereocenters. The number of nitrogens with zero attached hydrogens (tertiary/aromatic N) is 1. The highest BCUT2D eigenvalue weighted by atomic mass is 16.5. The molecular formula is C14H23N3O2. The molecule has 1 rings (SSSR count). The van der Waals surface area contributed by atoms with Crippen molar-refractivity contribution >= 4 is 17.3 Å². The number of nitrogens with two attached hydrogens (primary N) is 1. The second-order valence-corrected chi connectivity index (χ2v) is 4.21. The van der Waals surface area contributed by atoms with Gasteiger partial charge in [0.2, 0.25) is 0 Å². The molecule has 1 aromatic rings. The highest BCUT2D eigenvalue weighted by Gasteiger charge is 2.15. The predicted octanol–water partition coefficient (Wildman–Crippen LogP) is 1.49. The van der Waals surface area contributed by atoms with Crippen LogP contribution in [0.3, 0.4) is 0 Å². The summed E-state index contributed by atoms with van der Waals surface area (Å²) in [5.41, 5.74) is 7.98. The van der Waals surface area contributed by atoms with Crippen molar-refractivity contribution in [3.8, 4) is 0 Å². The average molecular weight is 265 g/mol. The van der Waals surface area contributed by atoms with E-state index >= 15 is 0 Å². The molecule has 0 saturated heterocycles. The summed E-state index contributed by atoms with van der Waals surface area (Å²) < 4.78 is 5.10. The topological polar surface area (TPSA) is 67.6 Å². The first-order chi connectivity index (χ1) is 9.13. The van der Waals surface area contributed by atoms with Crippen LogP contribution in [0, 0.1) is 0 Å². The third kappa shape index (κ3) is 4.13. The quantitative estimate of drug-likeness (QED) is 0.733. The fourth-order valence-electron chi connectivity index (χ4n) is 1.91. The Bertz CT molecular complexity index is 421. The number of benzene rings is 1. The third-order valence-corrected chi connectivity index (χ3v) is 2.89. The van der Waals surface area contributed by atoms with Gasteiger partial charge in [-0.3, -0.25) is 4.79 Å². The van der Waals surface area contributed by atoms with Crippen molar-refractivity contribution in [2.45, 2.75) is 13.8 Å². The lowest BCUT2D eigenvalue weighted by Gasteiger charge is -2.25. The molecule has 0 bridgehead atoms. The lowest BCUT2D eigenvalue weighted by Crippen LogP contribution is -2.31. The number of hydrogen-bond donors (Lipinski definition) is 2. The van der Waals surface area contributed by atoms with Gasteiger partial charge in [0, 0.05) is 32.4 Å². The monoisotopic (exact) mass is 265 g/mol.